The maximum absolute atomic E-state index is 11.3. The Bertz CT molecular complexity index is 715. The Morgan fingerprint density at radius 1 is 1.12 bits per heavy atom. The number of hydrogen-bond donors (Lipinski definition) is 2. The van der Waals surface area contributed by atoms with Crippen LogP contribution >= 0.6 is 0 Å². The molecule has 0 aliphatic carbocycles. The molecule has 0 radical (unpaired) electrons. The lowest BCUT2D eigenvalue weighted by Crippen LogP contribution is -2.29. The summed E-state index contributed by atoms with van der Waals surface area (Å²) < 4.78 is 0. The number of piperidine rings is 1. The van der Waals surface area contributed by atoms with Crippen LogP contribution in [0.1, 0.15) is 30.9 Å². The average Bonchev–Trinajstić information content (AvgIpc) is 2.67. The highest BCUT2D eigenvalue weighted by Crippen LogP contribution is 2.31. The summed E-state index contributed by atoms with van der Waals surface area (Å²) in [5.41, 5.74) is 2.25. The number of rotatable bonds is 6. The van der Waals surface area contributed by atoms with Crippen molar-refractivity contribution in [2.24, 2.45) is 0 Å². The van der Waals surface area contributed by atoms with Crippen LogP contribution in [0.3, 0.4) is 0 Å². The fourth-order valence-corrected chi connectivity index (χ4v) is 3.17. The first-order valence-electron chi connectivity index (χ1n) is 8.65. The van der Waals surface area contributed by atoms with Gasteiger partial charge in [-0.05, 0) is 37.0 Å². The molecule has 3 rings (SSSR count). The Hall–Kier alpha value is -2.60. The van der Waals surface area contributed by atoms with Gasteiger partial charge in [-0.3, -0.25) is 10.1 Å². The zero-order valence-electron chi connectivity index (χ0n) is 14.1. The second-order valence-corrected chi connectivity index (χ2v) is 6.31. The van der Waals surface area contributed by atoms with Gasteiger partial charge in [0.15, 0.2) is 0 Å². The number of nitrogens with one attached hydrogen (secondary N) is 1. The van der Waals surface area contributed by atoms with Crippen molar-refractivity contribution in [1.82, 2.24) is 0 Å². The lowest BCUT2D eigenvalue weighted by atomic mass is 10.1. The van der Waals surface area contributed by atoms with Gasteiger partial charge in [0.1, 0.15) is 5.69 Å². The molecule has 1 heterocycles. The molecule has 1 aliphatic heterocycles. The smallest absolute Gasteiger partial charge is 0.292 e. The summed E-state index contributed by atoms with van der Waals surface area (Å²) >= 11 is 0. The Kier molecular flexibility index (Phi) is 5.50. The number of benzene rings is 2. The van der Waals surface area contributed by atoms with E-state index in [1.807, 2.05) is 42.5 Å². The summed E-state index contributed by atoms with van der Waals surface area (Å²) in [6.45, 7) is 2.17. The fraction of sp³-hybridized carbons (Fsp3) is 0.368. The van der Waals surface area contributed by atoms with E-state index in [1.54, 1.807) is 6.07 Å². The van der Waals surface area contributed by atoms with Crippen molar-refractivity contribution < 1.29 is 10.0 Å². The van der Waals surface area contributed by atoms with Gasteiger partial charge in [-0.1, -0.05) is 30.3 Å². The molecule has 0 unspecified atom stereocenters. The van der Waals surface area contributed by atoms with Crippen LogP contribution in [0.5, 0.6) is 0 Å². The number of hydrogen-bond acceptors (Lipinski definition) is 5. The minimum atomic E-state index is -0.723. The van der Waals surface area contributed by atoms with Gasteiger partial charge in [0.25, 0.3) is 5.69 Å². The quantitative estimate of drug-likeness (QED) is 0.618. The van der Waals surface area contributed by atoms with Gasteiger partial charge in [-0.2, -0.15) is 0 Å². The van der Waals surface area contributed by atoms with Crippen LogP contribution in [-0.2, 0) is 0 Å². The van der Waals surface area contributed by atoms with Gasteiger partial charge in [0, 0.05) is 31.4 Å². The molecule has 1 atom stereocenters. The highest BCUT2D eigenvalue weighted by molar-refractivity contribution is 5.69. The van der Waals surface area contributed by atoms with Crippen molar-refractivity contribution >= 4 is 17.1 Å². The summed E-state index contributed by atoms with van der Waals surface area (Å²) in [7, 11) is 0. The van der Waals surface area contributed by atoms with Crippen molar-refractivity contribution in [2.75, 3.05) is 29.9 Å². The standard InChI is InChI=1S/C19H23N3O3/c23-19(15-7-3-1-4-8-15)14-20-17-13-16(9-10-18(17)22(24)25)21-11-5-2-6-12-21/h1,3-4,7-10,13,19-20,23H,2,5-6,11-12,14H2/t19-/m1/s1. The maximum atomic E-state index is 11.3. The number of aliphatic hydroxyl groups excluding tert-OH is 1. The van der Waals surface area contributed by atoms with E-state index >= 15 is 0 Å². The van der Waals surface area contributed by atoms with E-state index < -0.39 is 11.0 Å². The molecule has 2 aromatic rings. The topological polar surface area (TPSA) is 78.6 Å². The van der Waals surface area contributed by atoms with Crippen LogP contribution in [-0.4, -0.2) is 29.7 Å². The van der Waals surface area contributed by atoms with E-state index in [9.17, 15) is 15.2 Å². The lowest BCUT2D eigenvalue weighted by Gasteiger charge is -2.29. The van der Waals surface area contributed by atoms with E-state index in [-0.39, 0.29) is 12.2 Å². The molecule has 1 saturated heterocycles. The molecule has 6 heteroatoms. The Balaban J connectivity index is 1.76. The highest BCUT2D eigenvalue weighted by atomic mass is 16.6. The summed E-state index contributed by atoms with van der Waals surface area (Å²) in [5, 5.41) is 24.7. The number of nitro groups is 1. The molecule has 0 aromatic heterocycles. The molecule has 1 fully saturated rings. The van der Waals surface area contributed by atoms with Crippen molar-refractivity contribution in [3.63, 3.8) is 0 Å². The van der Waals surface area contributed by atoms with Crippen LogP contribution in [0.4, 0.5) is 17.1 Å². The zero-order chi connectivity index (χ0) is 17.6. The lowest BCUT2D eigenvalue weighted by molar-refractivity contribution is -0.383. The molecule has 0 saturated carbocycles. The second kappa shape index (κ2) is 7.98. The van der Waals surface area contributed by atoms with E-state index in [0.717, 1.165) is 37.2 Å². The normalized spacial score (nSPS) is 15.6. The minimum absolute atomic E-state index is 0.0287. The molecule has 0 amide bonds. The highest BCUT2D eigenvalue weighted by Gasteiger charge is 2.19. The average molecular weight is 341 g/mol. The molecule has 0 spiro atoms. The van der Waals surface area contributed by atoms with Gasteiger partial charge in [-0.15, -0.1) is 0 Å². The Morgan fingerprint density at radius 2 is 1.84 bits per heavy atom. The van der Waals surface area contributed by atoms with Gasteiger partial charge in [0.2, 0.25) is 0 Å². The second-order valence-electron chi connectivity index (χ2n) is 6.31. The molecule has 0 bridgehead atoms. The molecular weight excluding hydrogens is 318 g/mol. The number of nitrogens with zero attached hydrogens (tertiary/aromatic N) is 2. The predicted octanol–water partition coefficient (Wildman–Crippen LogP) is 3.73. The third kappa shape index (κ3) is 4.28. The third-order valence-electron chi connectivity index (χ3n) is 4.57. The number of anilines is 2. The SMILES string of the molecule is O=[N+]([O-])c1ccc(N2CCCCC2)cc1NC[C@@H](O)c1ccccc1. The minimum Gasteiger partial charge on any atom is -0.387 e. The predicted molar refractivity (Wildman–Crippen MR) is 99.1 cm³/mol. The van der Waals surface area contributed by atoms with E-state index in [0.29, 0.717) is 5.69 Å². The van der Waals surface area contributed by atoms with Gasteiger partial charge in [-0.25, -0.2) is 0 Å². The molecule has 1 aliphatic rings. The summed E-state index contributed by atoms with van der Waals surface area (Å²) in [6, 6.07) is 14.5. The molecular formula is C19H23N3O3. The first-order chi connectivity index (χ1) is 12.1. The van der Waals surface area contributed by atoms with Gasteiger partial charge >= 0.3 is 0 Å². The van der Waals surface area contributed by atoms with Crippen LogP contribution < -0.4 is 10.2 Å². The molecule has 25 heavy (non-hydrogen) atoms. The molecule has 132 valence electrons. The monoisotopic (exact) mass is 341 g/mol. The van der Waals surface area contributed by atoms with Crippen molar-refractivity contribution in [3.05, 3.63) is 64.2 Å². The number of aliphatic hydroxyl groups is 1. The first-order valence-corrected chi connectivity index (χ1v) is 8.65. The van der Waals surface area contributed by atoms with Gasteiger partial charge in [0.05, 0.1) is 11.0 Å². The zero-order valence-corrected chi connectivity index (χ0v) is 14.1. The van der Waals surface area contributed by atoms with Crippen molar-refractivity contribution in [3.8, 4) is 0 Å². The Labute approximate surface area is 147 Å². The third-order valence-corrected chi connectivity index (χ3v) is 4.57. The maximum Gasteiger partial charge on any atom is 0.292 e. The van der Waals surface area contributed by atoms with Crippen molar-refractivity contribution in [2.45, 2.75) is 25.4 Å². The van der Waals surface area contributed by atoms with Crippen LogP contribution in [0.25, 0.3) is 0 Å². The number of nitro benzene ring substituents is 1. The molecule has 2 N–H and O–H groups in total. The largest absolute Gasteiger partial charge is 0.387 e. The van der Waals surface area contributed by atoms with Gasteiger partial charge < -0.3 is 15.3 Å². The summed E-state index contributed by atoms with van der Waals surface area (Å²) in [6.07, 6.45) is 2.80. The fourth-order valence-electron chi connectivity index (χ4n) is 3.17. The van der Waals surface area contributed by atoms with Crippen LogP contribution in [0, 0.1) is 10.1 Å². The van der Waals surface area contributed by atoms with E-state index in [4.69, 9.17) is 0 Å². The Morgan fingerprint density at radius 3 is 2.52 bits per heavy atom. The van der Waals surface area contributed by atoms with Crippen LogP contribution in [0.15, 0.2) is 48.5 Å². The summed E-state index contributed by atoms with van der Waals surface area (Å²) in [4.78, 5) is 13.2. The van der Waals surface area contributed by atoms with Crippen molar-refractivity contribution in [1.29, 1.82) is 0 Å². The molecule has 6 nitrogen and oxygen atoms in total. The van der Waals surface area contributed by atoms with E-state index in [2.05, 4.69) is 10.2 Å². The van der Waals surface area contributed by atoms with E-state index in [1.165, 1.54) is 6.42 Å². The first kappa shape index (κ1) is 17.2. The summed E-state index contributed by atoms with van der Waals surface area (Å²) in [5.74, 6) is 0. The van der Waals surface area contributed by atoms with Crippen LogP contribution in [0.2, 0.25) is 0 Å². The molecule has 2 aromatic carbocycles.